The average molecular weight is 386 g/mol. The van der Waals surface area contributed by atoms with Gasteiger partial charge in [0.25, 0.3) is 5.56 Å². The van der Waals surface area contributed by atoms with E-state index >= 15 is 0 Å². The summed E-state index contributed by atoms with van der Waals surface area (Å²) in [5.74, 6) is 1.45. The number of pyridine rings is 1. The minimum atomic E-state index is -0.0559. The van der Waals surface area contributed by atoms with Crippen molar-refractivity contribution in [2.24, 2.45) is 0 Å². The van der Waals surface area contributed by atoms with Crippen molar-refractivity contribution in [1.82, 2.24) is 24.1 Å². The minimum absolute atomic E-state index is 0.0559. The van der Waals surface area contributed by atoms with E-state index in [1.165, 1.54) is 0 Å². The van der Waals surface area contributed by atoms with Gasteiger partial charge in [-0.3, -0.25) is 13.8 Å². The second-order valence-electron chi connectivity index (χ2n) is 6.36. The summed E-state index contributed by atoms with van der Waals surface area (Å²) in [5.41, 5.74) is 2.24. The Morgan fingerprint density at radius 1 is 1.22 bits per heavy atom. The van der Waals surface area contributed by atoms with E-state index in [4.69, 9.17) is 4.74 Å². The maximum absolute atomic E-state index is 12.4. The van der Waals surface area contributed by atoms with Gasteiger partial charge in [0.2, 0.25) is 5.95 Å². The Labute approximate surface area is 161 Å². The molecule has 0 saturated carbocycles. The van der Waals surface area contributed by atoms with Crippen LogP contribution < -0.4 is 10.5 Å². The van der Waals surface area contributed by atoms with Crippen molar-refractivity contribution in [1.29, 1.82) is 0 Å². The molecule has 3 aromatic rings. The van der Waals surface area contributed by atoms with Crippen molar-refractivity contribution < 1.29 is 4.74 Å². The SMILES string of the molecule is CCn1c(SCc2cc(=O)n3c(C)cccc3n2)nnc1N1CCOCC1. The van der Waals surface area contributed by atoms with Crippen molar-refractivity contribution in [3.63, 3.8) is 0 Å². The van der Waals surface area contributed by atoms with Crippen molar-refractivity contribution in [3.05, 3.63) is 46.0 Å². The van der Waals surface area contributed by atoms with Gasteiger partial charge in [0.05, 0.1) is 18.9 Å². The number of ether oxygens (including phenoxy) is 1. The van der Waals surface area contributed by atoms with Crippen LogP contribution in [0.2, 0.25) is 0 Å². The molecule has 0 radical (unpaired) electrons. The van der Waals surface area contributed by atoms with Gasteiger partial charge >= 0.3 is 0 Å². The lowest BCUT2D eigenvalue weighted by molar-refractivity contribution is 0.121. The van der Waals surface area contributed by atoms with Crippen molar-refractivity contribution in [2.75, 3.05) is 31.2 Å². The molecular weight excluding hydrogens is 364 g/mol. The van der Waals surface area contributed by atoms with Crippen LogP contribution in [0.15, 0.2) is 34.2 Å². The molecular formula is C18H22N6O2S. The predicted molar refractivity (Wildman–Crippen MR) is 104 cm³/mol. The van der Waals surface area contributed by atoms with E-state index < -0.39 is 0 Å². The zero-order valence-corrected chi connectivity index (χ0v) is 16.3. The van der Waals surface area contributed by atoms with Gasteiger partial charge in [0, 0.05) is 37.1 Å². The van der Waals surface area contributed by atoms with Gasteiger partial charge < -0.3 is 9.64 Å². The molecule has 4 rings (SSSR count). The Balaban J connectivity index is 1.56. The molecule has 4 heterocycles. The van der Waals surface area contributed by atoms with E-state index in [1.54, 1.807) is 22.2 Å². The standard InChI is InChI=1S/C18H22N6O2S/c1-3-23-17(22-7-9-26-10-8-22)20-21-18(23)27-12-14-11-16(25)24-13(2)5-4-6-15(24)19-14/h4-6,11H,3,7-10,12H2,1-2H3. The molecule has 9 heteroatoms. The molecule has 0 atom stereocenters. The third kappa shape index (κ3) is 3.57. The molecule has 0 spiro atoms. The molecule has 0 unspecified atom stereocenters. The Bertz CT molecular complexity index is 1010. The largest absolute Gasteiger partial charge is 0.378 e. The summed E-state index contributed by atoms with van der Waals surface area (Å²) in [6.45, 7) is 7.85. The number of hydrogen-bond acceptors (Lipinski definition) is 7. The molecule has 1 aliphatic rings. The van der Waals surface area contributed by atoms with Crippen molar-refractivity contribution in [2.45, 2.75) is 31.3 Å². The van der Waals surface area contributed by atoms with E-state index in [2.05, 4.69) is 31.6 Å². The first-order chi connectivity index (χ1) is 13.2. The van der Waals surface area contributed by atoms with Crippen LogP contribution in [-0.4, -0.2) is 50.5 Å². The highest BCUT2D eigenvalue weighted by Crippen LogP contribution is 2.25. The summed E-state index contributed by atoms with van der Waals surface area (Å²) in [6.07, 6.45) is 0. The van der Waals surface area contributed by atoms with Crippen LogP contribution in [0.3, 0.4) is 0 Å². The van der Waals surface area contributed by atoms with Gasteiger partial charge in [-0.15, -0.1) is 10.2 Å². The van der Waals surface area contributed by atoms with E-state index in [-0.39, 0.29) is 5.56 Å². The quantitative estimate of drug-likeness (QED) is 0.618. The molecule has 1 saturated heterocycles. The predicted octanol–water partition coefficient (Wildman–Crippen LogP) is 1.74. The monoisotopic (exact) mass is 386 g/mol. The van der Waals surface area contributed by atoms with E-state index in [0.29, 0.717) is 24.6 Å². The highest BCUT2D eigenvalue weighted by atomic mass is 32.2. The maximum atomic E-state index is 12.4. The number of rotatable bonds is 5. The summed E-state index contributed by atoms with van der Waals surface area (Å²) < 4.78 is 9.15. The Morgan fingerprint density at radius 3 is 2.81 bits per heavy atom. The van der Waals surface area contributed by atoms with Crippen LogP contribution in [0.5, 0.6) is 0 Å². The summed E-state index contributed by atoms with van der Waals surface area (Å²) in [7, 11) is 0. The van der Waals surface area contributed by atoms with Gasteiger partial charge in [-0.05, 0) is 26.0 Å². The topological polar surface area (TPSA) is 77.5 Å². The molecule has 8 nitrogen and oxygen atoms in total. The third-order valence-electron chi connectivity index (χ3n) is 4.59. The van der Waals surface area contributed by atoms with E-state index in [0.717, 1.165) is 42.1 Å². The highest BCUT2D eigenvalue weighted by Gasteiger charge is 2.20. The number of anilines is 1. The molecule has 0 aliphatic carbocycles. The molecule has 1 fully saturated rings. The number of hydrogen-bond donors (Lipinski definition) is 0. The van der Waals surface area contributed by atoms with E-state index in [1.807, 2.05) is 25.1 Å². The smallest absolute Gasteiger partial charge is 0.258 e. The van der Waals surface area contributed by atoms with Gasteiger partial charge in [-0.2, -0.15) is 0 Å². The Morgan fingerprint density at radius 2 is 2.04 bits per heavy atom. The number of thioether (sulfide) groups is 1. The van der Waals surface area contributed by atoms with Crippen LogP contribution in [0.1, 0.15) is 18.3 Å². The first-order valence-corrected chi connectivity index (χ1v) is 10.0. The fraction of sp³-hybridized carbons (Fsp3) is 0.444. The first kappa shape index (κ1) is 18.0. The van der Waals surface area contributed by atoms with Crippen LogP contribution in [0, 0.1) is 6.92 Å². The van der Waals surface area contributed by atoms with Gasteiger partial charge in [0.1, 0.15) is 5.65 Å². The second kappa shape index (κ2) is 7.69. The molecule has 3 aromatic heterocycles. The number of aromatic nitrogens is 5. The van der Waals surface area contributed by atoms with Crippen molar-refractivity contribution >= 4 is 23.4 Å². The van der Waals surface area contributed by atoms with Crippen molar-refractivity contribution in [3.8, 4) is 0 Å². The van der Waals surface area contributed by atoms with Crippen LogP contribution in [0.4, 0.5) is 5.95 Å². The zero-order chi connectivity index (χ0) is 18.8. The number of morpholine rings is 1. The fourth-order valence-electron chi connectivity index (χ4n) is 3.24. The number of fused-ring (bicyclic) bond motifs is 1. The third-order valence-corrected chi connectivity index (χ3v) is 5.59. The molecule has 0 bridgehead atoms. The molecule has 0 amide bonds. The lowest BCUT2D eigenvalue weighted by Crippen LogP contribution is -2.38. The average Bonchev–Trinajstić information content (AvgIpc) is 3.10. The number of nitrogens with zero attached hydrogens (tertiary/aromatic N) is 6. The van der Waals surface area contributed by atoms with Crippen LogP contribution in [0.25, 0.3) is 5.65 Å². The molecule has 142 valence electrons. The minimum Gasteiger partial charge on any atom is -0.378 e. The highest BCUT2D eigenvalue weighted by molar-refractivity contribution is 7.98. The zero-order valence-electron chi connectivity index (χ0n) is 15.5. The summed E-state index contributed by atoms with van der Waals surface area (Å²) in [4.78, 5) is 19.3. The summed E-state index contributed by atoms with van der Waals surface area (Å²) in [5, 5.41) is 9.57. The normalized spacial score (nSPS) is 14.8. The fourth-order valence-corrected chi connectivity index (χ4v) is 4.13. The molecule has 1 aliphatic heterocycles. The van der Waals surface area contributed by atoms with E-state index in [9.17, 15) is 4.79 Å². The molecule has 27 heavy (non-hydrogen) atoms. The van der Waals surface area contributed by atoms with Crippen LogP contribution in [-0.2, 0) is 17.0 Å². The summed E-state index contributed by atoms with van der Waals surface area (Å²) in [6, 6.07) is 7.27. The lowest BCUT2D eigenvalue weighted by Gasteiger charge is -2.27. The summed E-state index contributed by atoms with van der Waals surface area (Å²) >= 11 is 1.55. The maximum Gasteiger partial charge on any atom is 0.258 e. The van der Waals surface area contributed by atoms with Gasteiger partial charge in [0.15, 0.2) is 5.16 Å². The first-order valence-electron chi connectivity index (χ1n) is 9.04. The Hall–Kier alpha value is -2.39. The molecule has 0 aromatic carbocycles. The molecule has 0 N–H and O–H groups in total. The Kier molecular flexibility index (Phi) is 5.13. The second-order valence-corrected chi connectivity index (χ2v) is 7.30. The van der Waals surface area contributed by atoms with Crippen LogP contribution >= 0.6 is 11.8 Å². The number of aryl methyl sites for hydroxylation is 1. The van der Waals surface area contributed by atoms with Gasteiger partial charge in [-0.1, -0.05) is 17.8 Å². The van der Waals surface area contributed by atoms with Gasteiger partial charge in [-0.25, -0.2) is 4.98 Å². The lowest BCUT2D eigenvalue weighted by atomic mass is 10.3.